The first kappa shape index (κ1) is 14.3. The highest BCUT2D eigenvalue weighted by molar-refractivity contribution is 5.44. The zero-order chi connectivity index (χ0) is 13.7. The number of benzene rings is 1. The number of hydrogen-bond acceptors (Lipinski definition) is 3. The van der Waals surface area contributed by atoms with E-state index in [9.17, 15) is 4.39 Å². The van der Waals surface area contributed by atoms with Crippen LogP contribution in [0.25, 0.3) is 0 Å². The van der Waals surface area contributed by atoms with E-state index in [2.05, 4.69) is 29.1 Å². The summed E-state index contributed by atoms with van der Waals surface area (Å²) in [5.41, 5.74) is 0.601. The Labute approximate surface area is 115 Å². The van der Waals surface area contributed by atoms with Crippen molar-refractivity contribution in [1.82, 2.24) is 9.80 Å². The van der Waals surface area contributed by atoms with Crippen molar-refractivity contribution >= 4 is 5.69 Å². The number of likely N-dealkylation sites (N-methyl/N-ethyl adjacent to an activating group) is 1. The standard InChI is InChI=1S/C15H24FN3/c1-3-13-12-19(11-10-18(13)2)9-8-17-15-7-5-4-6-14(15)16/h4-7,13,17H,3,8-12H2,1-2H3. The summed E-state index contributed by atoms with van der Waals surface area (Å²) in [4.78, 5) is 4.89. The molecule has 19 heavy (non-hydrogen) atoms. The van der Waals surface area contributed by atoms with E-state index in [0.717, 1.165) is 32.7 Å². The van der Waals surface area contributed by atoms with Crippen molar-refractivity contribution in [2.75, 3.05) is 45.1 Å². The number of rotatable bonds is 5. The molecule has 0 saturated carbocycles. The van der Waals surface area contributed by atoms with E-state index in [1.165, 1.54) is 12.5 Å². The maximum Gasteiger partial charge on any atom is 0.146 e. The van der Waals surface area contributed by atoms with Crippen LogP contribution in [0.1, 0.15) is 13.3 Å². The van der Waals surface area contributed by atoms with Crippen LogP contribution in [-0.2, 0) is 0 Å². The molecule has 0 aromatic heterocycles. The van der Waals surface area contributed by atoms with Gasteiger partial charge in [-0.2, -0.15) is 0 Å². The minimum Gasteiger partial charge on any atom is -0.381 e. The highest BCUT2D eigenvalue weighted by atomic mass is 19.1. The molecule has 2 rings (SSSR count). The Morgan fingerprint density at radius 2 is 2.11 bits per heavy atom. The molecule has 1 unspecified atom stereocenters. The Hall–Kier alpha value is -1.13. The maximum atomic E-state index is 13.4. The fourth-order valence-corrected chi connectivity index (χ4v) is 2.61. The second kappa shape index (κ2) is 6.87. The molecule has 1 aromatic carbocycles. The second-order valence-electron chi connectivity index (χ2n) is 5.25. The van der Waals surface area contributed by atoms with Gasteiger partial charge < -0.3 is 10.2 Å². The summed E-state index contributed by atoms with van der Waals surface area (Å²) in [7, 11) is 2.20. The van der Waals surface area contributed by atoms with Crippen LogP contribution in [0, 0.1) is 5.82 Å². The molecule has 1 heterocycles. The molecule has 1 atom stereocenters. The van der Waals surface area contributed by atoms with E-state index < -0.39 is 0 Å². The van der Waals surface area contributed by atoms with Gasteiger partial charge in [-0.3, -0.25) is 4.90 Å². The molecule has 106 valence electrons. The predicted octanol–water partition coefficient (Wildman–Crippen LogP) is 2.26. The number of para-hydroxylation sites is 1. The minimum absolute atomic E-state index is 0.174. The van der Waals surface area contributed by atoms with Crippen molar-refractivity contribution in [3.05, 3.63) is 30.1 Å². The molecule has 1 aliphatic rings. The smallest absolute Gasteiger partial charge is 0.146 e. The van der Waals surface area contributed by atoms with Crippen LogP contribution in [0.5, 0.6) is 0 Å². The van der Waals surface area contributed by atoms with Gasteiger partial charge in [-0.1, -0.05) is 19.1 Å². The fraction of sp³-hybridized carbons (Fsp3) is 0.600. The van der Waals surface area contributed by atoms with Gasteiger partial charge in [-0.25, -0.2) is 4.39 Å². The number of halogens is 1. The van der Waals surface area contributed by atoms with Gasteiger partial charge in [-0.15, -0.1) is 0 Å². The van der Waals surface area contributed by atoms with Crippen molar-refractivity contribution in [1.29, 1.82) is 0 Å². The normalized spacial score (nSPS) is 21.5. The van der Waals surface area contributed by atoms with Crippen LogP contribution in [0.3, 0.4) is 0 Å². The van der Waals surface area contributed by atoms with Crippen molar-refractivity contribution in [3.8, 4) is 0 Å². The van der Waals surface area contributed by atoms with E-state index in [1.807, 2.05) is 6.07 Å². The molecule has 0 radical (unpaired) electrons. The minimum atomic E-state index is -0.174. The Balaban J connectivity index is 1.76. The molecule has 1 N–H and O–H groups in total. The fourth-order valence-electron chi connectivity index (χ4n) is 2.61. The number of hydrogen-bond donors (Lipinski definition) is 1. The highest BCUT2D eigenvalue weighted by Gasteiger charge is 2.22. The summed E-state index contributed by atoms with van der Waals surface area (Å²) in [5.74, 6) is -0.174. The number of anilines is 1. The Bertz CT molecular complexity index is 397. The lowest BCUT2D eigenvalue weighted by Gasteiger charge is -2.39. The average Bonchev–Trinajstić information content (AvgIpc) is 2.43. The van der Waals surface area contributed by atoms with Gasteiger partial charge >= 0.3 is 0 Å². The summed E-state index contributed by atoms with van der Waals surface area (Å²) in [6.45, 7) is 7.35. The van der Waals surface area contributed by atoms with Crippen molar-refractivity contribution in [2.24, 2.45) is 0 Å². The first-order valence-corrected chi connectivity index (χ1v) is 7.11. The molecule has 1 saturated heterocycles. The molecule has 0 aliphatic carbocycles. The van der Waals surface area contributed by atoms with E-state index in [0.29, 0.717) is 11.7 Å². The molecule has 1 aromatic rings. The Kier molecular flexibility index (Phi) is 5.16. The third-order valence-electron chi connectivity index (χ3n) is 3.95. The summed E-state index contributed by atoms with van der Waals surface area (Å²) in [6, 6.07) is 7.50. The zero-order valence-electron chi connectivity index (χ0n) is 11.9. The quantitative estimate of drug-likeness (QED) is 0.881. The number of nitrogens with zero attached hydrogens (tertiary/aromatic N) is 2. The predicted molar refractivity (Wildman–Crippen MR) is 78.0 cm³/mol. The molecule has 0 spiro atoms. The summed E-state index contributed by atoms with van der Waals surface area (Å²) < 4.78 is 13.4. The van der Waals surface area contributed by atoms with Gasteiger partial charge in [0.25, 0.3) is 0 Å². The van der Waals surface area contributed by atoms with Crippen molar-refractivity contribution < 1.29 is 4.39 Å². The van der Waals surface area contributed by atoms with Crippen LogP contribution in [0.15, 0.2) is 24.3 Å². The van der Waals surface area contributed by atoms with Crippen molar-refractivity contribution in [3.63, 3.8) is 0 Å². The van der Waals surface area contributed by atoms with E-state index in [4.69, 9.17) is 0 Å². The van der Waals surface area contributed by atoms with E-state index >= 15 is 0 Å². The van der Waals surface area contributed by atoms with Gasteiger partial charge in [0.1, 0.15) is 5.82 Å². The number of piperazine rings is 1. The third kappa shape index (κ3) is 3.91. The lowest BCUT2D eigenvalue weighted by molar-refractivity contribution is 0.0963. The van der Waals surface area contributed by atoms with Gasteiger partial charge in [0.05, 0.1) is 5.69 Å². The lowest BCUT2D eigenvalue weighted by atomic mass is 10.1. The topological polar surface area (TPSA) is 18.5 Å². The molecule has 4 heteroatoms. The van der Waals surface area contributed by atoms with Gasteiger partial charge in [-0.05, 0) is 25.6 Å². The molecule has 1 fully saturated rings. The van der Waals surface area contributed by atoms with Crippen LogP contribution in [0.2, 0.25) is 0 Å². The molecule has 0 bridgehead atoms. The first-order valence-electron chi connectivity index (χ1n) is 7.11. The second-order valence-corrected chi connectivity index (χ2v) is 5.25. The summed E-state index contributed by atoms with van der Waals surface area (Å²) in [5, 5.41) is 3.17. The van der Waals surface area contributed by atoms with E-state index in [1.54, 1.807) is 12.1 Å². The monoisotopic (exact) mass is 265 g/mol. The van der Waals surface area contributed by atoms with Crippen LogP contribution in [-0.4, -0.2) is 55.6 Å². The largest absolute Gasteiger partial charge is 0.381 e. The van der Waals surface area contributed by atoms with Crippen LogP contribution >= 0.6 is 0 Å². The molecule has 1 aliphatic heterocycles. The average molecular weight is 265 g/mol. The van der Waals surface area contributed by atoms with E-state index in [-0.39, 0.29) is 5.82 Å². The van der Waals surface area contributed by atoms with Crippen LogP contribution < -0.4 is 5.32 Å². The molecular formula is C15H24FN3. The molecule has 3 nitrogen and oxygen atoms in total. The third-order valence-corrected chi connectivity index (χ3v) is 3.95. The number of nitrogens with one attached hydrogen (secondary N) is 1. The lowest BCUT2D eigenvalue weighted by Crippen LogP contribution is -2.51. The highest BCUT2D eigenvalue weighted by Crippen LogP contribution is 2.13. The van der Waals surface area contributed by atoms with Gasteiger partial charge in [0, 0.05) is 38.8 Å². The van der Waals surface area contributed by atoms with Gasteiger partial charge in [0.15, 0.2) is 0 Å². The summed E-state index contributed by atoms with van der Waals surface area (Å²) in [6.07, 6.45) is 1.19. The van der Waals surface area contributed by atoms with Crippen molar-refractivity contribution in [2.45, 2.75) is 19.4 Å². The zero-order valence-corrected chi connectivity index (χ0v) is 11.9. The Morgan fingerprint density at radius 1 is 1.32 bits per heavy atom. The molecule has 0 amide bonds. The first-order chi connectivity index (χ1) is 9.20. The summed E-state index contributed by atoms with van der Waals surface area (Å²) >= 11 is 0. The SMILES string of the molecule is CCC1CN(CCNc2ccccc2F)CCN1C. The van der Waals surface area contributed by atoms with Crippen LogP contribution in [0.4, 0.5) is 10.1 Å². The maximum absolute atomic E-state index is 13.4. The Morgan fingerprint density at radius 3 is 2.84 bits per heavy atom. The van der Waals surface area contributed by atoms with Gasteiger partial charge in [0.2, 0.25) is 0 Å². The molecular weight excluding hydrogens is 241 g/mol.